The molecule has 0 radical (unpaired) electrons. The summed E-state index contributed by atoms with van der Waals surface area (Å²) in [7, 11) is 1.84. The summed E-state index contributed by atoms with van der Waals surface area (Å²) < 4.78 is 20.9. The number of piperidine rings is 1. The molecule has 1 fully saturated rings. The lowest BCUT2D eigenvalue weighted by Gasteiger charge is -2.32. The molecule has 9 nitrogen and oxygen atoms in total. The maximum absolute atomic E-state index is 13.7. The number of nitrogen functional groups attached to an aromatic ring is 1. The molecule has 33 heavy (non-hydrogen) atoms. The summed E-state index contributed by atoms with van der Waals surface area (Å²) in [5, 5.41) is 8.30. The molecule has 1 aromatic carbocycles. The predicted molar refractivity (Wildman–Crippen MR) is 126 cm³/mol. The van der Waals surface area contributed by atoms with E-state index in [0.29, 0.717) is 43.0 Å². The number of aryl methyl sites for hydroxylation is 1. The van der Waals surface area contributed by atoms with Gasteiger partial charge in [-0.1, -0.05) is 0 Å². The minimum atomic E-state index is -0.793. The lowest BCUT2D eigenvalue weighted by Crippen LogP contribution is -2.35. The van der Waals surface area contributed by atoms with E-state index in [4.69, 9.17) is 10.2 Å². The number of amides is 1. The summed E-state index contributed by atoms with van der Waals surface area (Å²) in [6, 6.07) is 7.13. The Morgan fingerprint density at radius 1 is 1.27 bits per heavy atom. The van der Waals surface area contributed by atoms with Gasteiger partial charge in [0.05, 0.1) is 16.9 Å². The maximum Gasteiger partial charge on any atom is 0.277 e. The van der Waals surface area contributed by atoms with Crippen molar-refractivity contribution in [3.05, 3.63) is 48.6 Å². The van der Waals surface area contributed by atoms with E-state index in [1.54, 1.807) is 23.0 Å². The third kappa shape index (κ3) is 4.61. The molecule has 1 saturated heterocycles. The standard InChI is InChI=1S/C22H22FN7O2.ClH/c1-29-11-14-8-17(19(10-16(14)28-29)30-6-3-15(23)4-7-30)26-21(31)18-12-32-22(27-18)13-2-5-25-20(24)9-13;/h2,5,8-12,15H,3-4,6-7H2,1H3,(H2,24,25)(H,26,31);1H. The fraction of sp³-hybridized carbons (Fsp3) is 0.273. The Kier molecular flexibility index (Phi) is 6.19. The number of rotatable bonds is 4. The summed E-state index contributed by atoms with van der Waals surface area (Å²) in [5.74, 6) is 0.197. The number of aromatic nitrogens is 4. The van der Waals surface area contributed by atoms with E-state index >= 15 is 0 Å². The van der Waals surface area contributed by atoms with Crippen LogP contribution in [-0.4, -0.2) is 44.9 Å². The van der Waals surface area contributed by atoms with Crippen LogP contribution in [-0.2, 0) is 7.05 Å². The highest BCUT2D eigenvalue weighted by Crippen LogP contribution is 2.33. The number of benzene rings is 1. The third-order valence-corrected chi connectivity index (χ3v) is 5.51. The van der Waals surface area contributed by atoms with E-state index in [-0.39, 0.29) is 24.0 Å². The highest BCUT2D eigenvalue weighted by molar-refractivity contribution is 6.06. The Bertz CT molecular complexity index is 1300. The highest BCUT2D eigenvalue weighted by Gasteiger charge is 2.23. The van der Waals surface area contributed by atoms with Crippen LogP contribution in [0.1, 0.15) is 23.3 Å². The molecule has 0 spiro atoms. The Hall–Kier alpha value is -3.66. The molecule has 3 aromatic heterocycles. The Morgan fingerprint density at radius 3 is 2.82 bits per heavy atom. The number of carbonyl (C=O) groups is 1. The number of anilines is 3. The number of hydrogen-bond acceptors (Lipinski definition) is 7. The topological polar surface area (TPSA) is 115 Å². The number of pyridine rings is 1. The second-order valence-corrected chi connectivity index (χ2v) is 7.85. The first-order valence-corrected chi connectivity index (χ1v) is 10.3. The average Bonchev–Trinajstić information content (AvgIpc) is 3.40. The van der Waals surface area contributed by atoms with Crippen LogP contribution in [0.5, 0.6) is 0 Å². The number of nitrogens with zero attached hydrogens (tertiary/aromatic N) is 5. The molecule has 4 aromatic rings. The van der Waals surface area contributed by atoms with Crippen LogP contribution >= 0.6 is 12.4 Å². The number of fused-ring (bicyclic) bond motifs is 1. The number of alkyl halides is 1. The fourth-order valence-corrected chi connectivity index (χ4v) is 3.91. The molecule has 1 amide bonds. The zero-order valence-electron chi connectivity index (χ0n) is 17.9. The van der Waals surface area contributed by atoms with Crippen molar-refractivity contribution in [3.8, 4) is 11.5 Å². The molecule has 1 aliphatic heterocycles. The van der Waals surface area contributed by atoms with Gasteiger partial charge in [-0.2, -0.15) is 5.10 Å². The SMILES string of the molecule is Cl.Cn1cc2cc(NC(=O)c3coc(-c4ccnc(N)c4)n3)c(N3CCC(F)CC3)cc2n1. The Morgan fingerprint density at radius 2 is 2.06 bits per heavy atom. The summed E-state index contributed by atoms with van der Waals surface area (Å²) in [4.78, 5) is 23.3. The number of carbonyl (C=O) groups excluding carboxylic acids is 1. The van der Waals surface area contributed by atoms with Crippen LogP contribution in [0.4, 0.5) is 21.6 Å². The van der Waals surface area contributed by atoms with Gasteiger partial charge < -0.3 is 20.4 Å². The van der Waals surface area contributed by atoms with Crippen LogP contribution in [0.25, 0.3) is 22.4 Å². The zero-order valence-corrected chi connectivity index (χ0v) is 18.7. The van der Waals surface area contributed by atoms with Crippen molar-refractivity contribution in [2.75, 3.05) is 29.0 Å². The number of hydrogen-bond donors (Lipinski definition) is 2. The van der Waals surface area contributed by atoms with Gasteiger partial charge in [-0.25, -0.2) is 14.4 Å². The highest BCUT2D eigenvalue weighted by atomic mass is 35.5. The van der Waals surface area contributed by atoms with Gasteiger partial charge in [0.2, 0.25) is 5.89 Å². The number of nitrogens with two attached hydrogens (primary N) is 1. The number of halogens is 2. The molecule has 172 valence electrons. The van der Waals surface area contributed by atoms with Gasteiger partial charge in [0.25, 0.3) is 5.91 Å². The van der Waals surface area contributed by atoms with Crippen molar-refractivity contribution < 1.29 is 13.6 Å². The normalized spacial score (nSPS) is 14.3. The molecule has 1 aliphatic rings. The Labute approximate surface area is 195 Å². The molecular formula is C22H23ClFN7O2. The second-order valence-electron chi connectivity index (χ2n) is 7.85. The molecule has 11 heteroatoms. The monoisotopic (exact) mass is 471 g/mol. The van der Waals surface area contributed by atoms with E-state index in [1.165, 1.54) is 6.26 Å². The van der Waals surface area contributed by atoms with Crippen molar-refractivity contribution in [2.24, 2.45) is 7.05 Å². The van der Waals surface area contributed by atoms with Gasteiger partial charge in [0, 0.05) is 43.5 Å². The molecule has 0 saturated carbocycles. The average molecular weight is 472 g/mol. The van der Waals surface area contributed by atoms with Gasteiger partial charge in [0.1, 0.15) is 18.3 Å². The van der Waals surface area contributed by atoms with Crippen molar-refractivity contribution in [1.82, 2.24) is 19.7 Å². The van der Waals surface area contributed by atoms with E-state index in [0.717, 1.165) is 16.6 Å². The van der Waals surface area contributed by atoms with Gasteiger partial charge in [0.15, 0.2) is 5.69 Å². The van der Waals surface area contributed by atoms with E-state index < -0.39 is 12.1 Å². The largest absolute Gasteiger partial charge is 0.444 e. The molecule has 0 unspecified atom stereocenters. The summed E-state index contributed by atoms with van der Waals surface area (Å²) >= 11 is 0. The maximum atomic E-state index is 13.7. The first-order valence-electron chi connectivity index (χ1n) is 10.3. The molecule has 4 heterocycles. The van der Waals surface area contributed by atoms with Crippen molar-refractivity contribution in [3.63, 3.8) is 0 Å². The quantitative estimate of drug-likeness (QED) is 0.465. The Balaban J connectivity index is 0.00000259. The van der Waals surface area contributed by atoms with Crippen molar-refractivity contribution in [2.45, 2.75) is 19.0 Å². The summed E-state index contributed by atoms with van der Waals surface area (Å²) in [5.41, 5.74) is 8.71. The van der Waals surface area contributed by atoms with Crippen molar-refractivity contribution in [1.29, 1.82) is 0 Å². The van der Waals surface area contributed by atoms with E-state index in [9.17, 15) is 9.18 Å². The predicted octanol–water partition coefficient (Wildman–Crippen LogP) is 3.82. The van der Waals surface area contributed by atoms with Crippen LogP contribution in [0.3, 0.4) is 0 Å². The minimum Gasteiger partial charge on any atom is -0.444 e. The van der Waals surface area contributed by atoms with Crippen molar-refractivity contribution >= 4 is 46.4 Å². The lowest BCUT2D eigenvalue weighted by atomic mass is 10.1. The number of nitrogens with one attached hydrogen (secondary N) is 1. The molecule has 5 rings (SSSR count). The number of oxazole rings is 1. The molecule has 0 aliphatic carbocycles. The second kappa shape index (κ2) is 9.07. The van der Waals surface area contributed by atoms with Crippen LogP contribution < -0.4 is 16.0 Å². The first kappa shape index (κ1) is 22.5. The fourth-order valence-electron chi connectivity index (χ4n) is 3.91. The van der Waals surface area contributed by atoms with Crippen LogP contribution in [0, 0.1) is 0 Å². The zero-order chi connectivity index (χ0) is 22.2. The minimum absolute atomic E-state index is 0. The molecular weight excluding hydrogens is 449 g/mol. The summed E-state index contributed by atoms with van der Waals surface area (Å²) in [6.45, 7) is 1.14. The van der Waals surface area contributed by atoms with Gasteiger partial charge in [-0.3, -0.25) is 9.48 Å². The van der Waals surface area contributed by atoms with E-state index in [2.05, 4.69) is 25.3 Å². The smallest absolute Gasteiger partial charge is 0.277 e. The van der Waals surface area contributed by atoms with Gasteiger partial charge in [-0.05, 0) is 37.1 Å². The first-order chi connectivity index (χ1) is 15.5. The molecule has 0 bridgehead atoms. The van der Waals surface area contributed by atoms with Crippen LogP contribution in [0.15, 0.2) is 47.3 Å². The molecule has 3 N–H and O–H groups in total. The van der Waals surface area contributed by atoms with Gasteiger partial charge in [-0.15, -0.1) is 12.4 Å². The molecule has 0 atom stereocenters. The van der Waals surface area contributed by atoms with Crippen LogP contribution in [0.2, 0.25) is 0 Å². The lowest BCUT2D eigenvalue weighted by molar-refractivity contribution is 0.102. The summed E-state index contributed by atoms with van der Waals surface area (Å²) in [6.07, 6.45) is 4.84. The van der Waals surface area contributed by atoms with E-state index in [1.807, 2.05) is 25.4 Å². The third-order valence-electron chi connectivity index (χ3n) is 5.51. The van der Waals surface area contributed by atoms with Gasteiger partial charge >= 0.3 is 0 Å².